The first kappa shape index (κ1) is 16.3. The number of nitrogens with zero attached hydrogens (tertiary/aromatic N) is 2. The van der Waals surface area contributed by atoms with Crippen LogP contribution in [0.5, 0.6) is 0 Å². The van der Waals surface area contributed by atoms with Crippen molar-refractivity contribution in [3.63, 3.8) is 0 Å². The average molecular weight is 320 g/mol. The van der Waals surface area contributed by atoms with Gasteiger partial charge in [-0.25, -0.2) is 0 Å². The SMILES string of the molecule is N#CCC(=O)NC1CCN(C(=O)Cc2cccc(Cl)c2)CC1. The number of hydrogen-bond donors (Lipinski definition) is 1. The topological polar surface area (TPSA) is 73.2 Å². The van der Waals surface area contributed by atoms with Crippen LogP contribution in [0.3, 0.4) is 0 Å². The van der Waals surface area contributed by atoms with E-state index >= 15 is 0 Å². The molecule has 116 valence electrons. The second-order valence-corrected chi connectivity index (χ2v) is 5.80. The van der Waals surface area contributed by atoms with Gasteiger partial charge in [-0.1, -0.05) is 23.7 Å². The summed E-state index contributed by atoms with van der Waals surface area (Å²) in [4.78, 5) is 25.4. The quantitative estimate of drug-likeness (QED) is 0.921. The summed E-state index contributed by atoms with van der Waals surface area (Å²) in [5.74, 6) is -0.171. The van der Waals surface area contributed by atoms with Gasteiger partial charge >= 0.3 is 0 Å². The van der Waals surface area contributed by atoms with Crippen molar-refractivity contribution in [2.45, 2.75) is 31.7 Å². The first-order chi connectivity index (χ1) is 10.6. The minimum Gasteiger partial charge on any atom is -0.352 e. The molecule has 5 nitrogen and oxygen atoms in total. The van der Waals surface area contributed by atoms with Crippen molar-refractivity contribution in [1.29, 1.82) is 5.26 Å². The molecule has 1 heterocycles. The van der Waals surface area contributed by atoms with Gasteiger partial charge in [0.05, 0.1) is 12.5 Å². The van der Waals surface area contributed by atoms with Crippen LogP contribution in [0.2, 0.25) is 5.02 Å². The van der Waals surface area contributed by atoms with Gasteiger partial charge in [-0.05, 0) is 30.5 Å². The van der Waals surface area contributed by atoms with Gasteiger partial charge in [0, 0.05) is 24.2 Å². The number of rotatable bonds is 4. The van der Waals surface area contributed by atoms with Crippen LogP contribution in [0, 0.1) is 11.3 Å². The maximum absolute atomic E-state index is 12.3. The highest BCUT2D eigenvalue weighted by molar-refractivity contribution is 6.30. The Balaban J connectivity index is 1.80. The molecule has 6 heteroatoms. The van der Waals surface area contributed by atoms with E-state index in [4.69, 9.17) is 16.9 Å². The Morgan fingerprint density at radius 2 is 2.09 bits per heavy atom. The number of carbonyl (C=O) groups is 2. The third-order valence-corrected chi connectivity index (χ3v) is 3.93. The lowest BCUT2D eigenvalue weighted by Crippen LogP contribution is -2.46. The Bertz CT molecular complexity index is 589. The highest BCUT2D eigenvalue weighted by Gasteiger charge is 2.23. The molecule has 0 aromatic heterocycles. The molecule has 0 aliphatic carbocycles. The van der Waals surface area contributed by atoms with E-state index in [9.17, 15) is 9.59 Å². The third kappa shape index (κ3) is 4.74. The van der Waals surface area contributed by atoms with Crippen LogP contribution < -0.4 is 5.32 Å². The van der Waals surface area contributed by atoms with E-state index < -0.39 is 0 Å². The van der Waals surface area contributed by atoms with E-state index in [1.807, 2.05) is 23.1 Å². The third-order valence-electron chi connectivity index (χ3n) is 3.70. The van der Waals surface area contributed by atoms with Crippen molar-refractivity contribution in [1.82, 2.24) is 10.2 Å². The lowest BCUT2D eigenvalue weighted by atomic mass is 10.0. The molecule has 1 aliphatic rings. The second-order valence-electron chi connectivity index (χ2n) is 5.36. The van der Waals surface area contributed by atoms with Gasteiger partial charge in [-0.15, -0.1) is 0 Å². The summed E-state index contributed by atoms with van der Waals surface area (Å²) < 4.78 is 0. The number of piperidine rings is 1. The van der Waals surface area contributed by atoms with Crippen LogP contribution in [0.4, 0.5) is 0 Å². The molecule has 0 unspecified atom stereocenters. The van der Waals surface area contributed by atoms with Crippen LogP contribution in [-0.2, 0) is 16.0 Å². The van der Waals surface area contributed by atoms with E-state index in [2.05, 4.69) is 5.32 Å². The maximum atomic E-state index is 12.3. The molecule has 1 aliphatic heterocycles. The van der Waals surface area contributed by atoms with Crippen LogP contribution in [0.25, 0.3) is 0 Å². The molecule has 2 rings (SSSR count). The average Bonchev–Trinajstić information content (AvgIpc) is 2.48. The fraction of sp³-hybridized carbons (Fsp3) is 0.438. The fourth-order valence-electron chi connectivity index (χ4n) is 2.56. The van der Waals surface area contributed by atoms with Crippen LogP contribution >= 0.6 is 11.6 Å². The molecule has 1 saturated heterocycles. The van der Waals surface area contributed by atoms with Crippen molar-refractivity contribution < 1.29 is 9.59 Å². The van der Waals surface area contributed by atoms with Gasteiger partial charge < -0.3 is 10.2 Å². The second kappa shape index (κ2) is 7.81. The molecule has 0 bridgehead atoms. The van der Waals surface area contributed by atoms with Crippen LogP contribution in [0.1, 0.15) is 24.8 Å². The number of halogens is 1. The lowest BCUT2D eigenvalue weighted by molar-refractivity contribution is -0.131. The molecule has 0 saturated carbocycles. The number of benzene rings is 1. The molecule has 22 heavy (non-hydrogen) atoms. The first-order valence-electron chi connectivity index (χ1n) is 7.27. The van der Waals surface area contributed by atoms with Crippen molar-refractivity contribution in [2.24, 2.45) is 0 Å². The zero-order chi connectivity index (χ0) is 15.9. The van der Waals surface area contributed by atoms with E-state index in [0.717, 1.165) is 18.4 Å². The molecule has 1 aromatic rings. The Labute approximate surface area is 134 Å². The predicted octanol–water partition coefficient (Wildman–Crippen LogP) is 1.90. The molecule has 0 atom stereocenters. The minimum absolute atomic E-state index is 0.0519. The maximum Gasteiger partial charge on any atom is 0.234 e. The Morgan fingerprint density at radius 3 is 2.73 bits per heavy atom. The van der Waals surface area contributed by atoms with E-state index in [1.165, 1.54) is 0 Å². The monoisotopic (exact) mass is 319 g/mol. The van der Waals surface area contributed by atoms with Gasteiger partial charge in [-0.2, -0.15) is 5.26 Å². The number of likely N-dealkylation sites (tertiary alicyclic amines) is 1. The standard InChI is InChI=1S/C16H18ClN3O2/c17-13-3-1-2-12(10-13)11-16(22)20-8-5-14(6-9-20)19-15(21)4-7-18/h1-3,10,14H,4-6,8-9,11H2,(H,19,21). The van der Waals surface area contributed by atoms with Gasteiger partial charge in [0.1, 0.15) is 6.42 Å². The Morgan fingerprint density at radius 1 is 1.36 bits per heavy atom. The van der Waals surface area contributed by atoms with E-state index in [0.29, 0.717) is 24.5 Å². The molecule has 0 radical (unpaired) electrons. The van der Waals surface area contributed by atoms with Crippen molar-refractivity contribution in [2.75, 3.05) is 13.1 Å². The van der Waals surface area contributed by atoms with E-state index in [-0.39, 0.29) is 24.3 Å². The largest absolute Gasteiger partial charge is 0.352 e. The van der Waals surface area contributed by atoms with E-state index in [1.54, 1.807) is 12.1 Å². The summed E-state index contributed by atoms with van der Waals surface area (Å²) in [5.41, 5.74) is 0.905. The Kier molecular flexibility index (Phi) is 5.79. The highest BCUT2D eigenvalue weighted by atomic mass is 35.5. The molecular weight excluding hydrogens is 302 g/mol. The highest BCUT2D eigenvalue weighted by Crippen LogP contribution is 2.15. The summed E-state index contributed by atoms with van der Waals surface area (Å²) in [6.45, 7) is 1.24. The van der Waals surface area contributed by atoms with Crippen LogP contribution in [-0.4, -0.2) is 35.8 Å². The van der Waals surface area contributed by atoms with Gasteiger partial charge in [0.25, 0.3) is 0 Å². The zero-order valence-electron chi connectivity index (χ0n) is 12.2. The van der Waals surface area contributed by atoms with Gasteiger partial charge in [-0.3, -0.25) is 9.59 Å². The molecule has 0 spiro atoms. The molecule has 1 fully saturated rings. The smallest absolute Gasteiger partial charge is 0.234 e. The summed E-state index contributed by atoms with van der Waals surface area (Å²) in [5, 5.41) is 11.9. The zero-order valence-corrected chi connectivity index (χ0v) is 13.0. The van der Waals surface area contributed by atoms with Gasteiger partial charge in [0.15, 0.2) is 0 Å². The molecule has 2 amide bonds. The van der Waals surface area contributed by atoms with Crippen molar-refractivity contribution in [3.8, 4) is 6.07 Å². The normalized spacial score (nSPS) is 15.2. The molecule has 1 N–H and O–H groups in total. The summed E-state index contributed by atoms with van der Waals surface area (Å²) in [7, 11) is 0. The summed E-state index contributed by atoms with van der Waals surface area (Å²) >= 11 is 5.92. The van der Waals surface area contributed by atoms with Crippen LogP contribution in [0.15, 0.2) is 24.3 Å². The fourth-order valence-corrected chi connectivity index (χ4v) is 2.77. The Hall–Kier alpha value is -2.06. The van der Waals surface area contributed by atoms with Crippen molar-refractivity contribution >= 4 is 23.4 Å². The number of carbonyl (C=O) groups excluding carboxylic acids is 2. The van der Waals surface area contributed by atoms with Crippen molar-refractivity contribution in [3.05, 3.63) is 34.9 Å². The number of nitriles is 1. The summed E-state index contributed by atoms with van der Waals surface area (Å²) in [6.07, 6.45) is 1.66. The number of amides is 2. The molecule has 1 aromatic carbocycles. The van der Waals surface area contributed by atoms with Gasteiger partial charge in [0.2, 0.25) is 11.8 Å². The minimum atomic E-state index is -0.244. The number of hydrogen-bond acceptors (Lipinski definition) is 3. The summed E-state index contributed by atoms with van der Waals surface area (Å²) in [6, 6.07) is 9.19. The predicted molar refractivity (Wildman–Crippen MR) is 83.1 cm³/mol. The lowest BCUT2D eigenvalue weighted by Gasteiger charge is -2.32. The number of nitrogens with one attached hydrogen (secondary N) is 1. The molecular formula is C16H18ClN3O2. The first-order valence-corrected chi connectivity index (χ1v) is 7.65.